The van der Waals surface area contributed by atoms with Gasteiger partial charge in [0.1, 0.15) is 9.92 Å². The summed E-state index contributed by atoms with van der Waals surface area (Å²) in [7, 11) is -0.863. The van der Waals surface area contributed by atoms with Crippen LogP contribution in [0, 0.1) is 12.8 Å². The first-order valence-electron chi connectivity index (χ1n) is 9.21. The average molecular weight is 435 g/mol. The molecule has 0 unspecified atom stereocenters. The molecule has 1 amide bonds. The first-order valence-corrected chi connectivity index (χ1v) is 12.6. The summed E-state index contributed by atoms with van der Waals surface area (Å²) in [5.41, 5.74) is 2.65. The summed E-state index contributed by atoms with van der Waals surface area (Å²) in [6, 6.07) is 7.77. The molecule has 0 N–H and O–H groups in total. The zero-order valence-corrected chi connectivity index (χ0v) is 18.3. The van der Waals surface area contributed by atoms with E-state index in [1.165, 1.54) is 0 Å². The molecule has 0 aliphatic carbocycles. The molecule has 4 rings (SSSR count). The van der Waals surface area contributed by atoms with Crippen LogP contribution >= 0.6 is 23.1 Å². The summed E-state index contributed by atoms with van der Waals surface area (Å²) >= 11 is 3.24. The third kappa shape index (κ3) is 4.18. The minimum Gasteiger partial charge on any atom is -0.451 e. The van der Waals surface area contributed by atoms with Crippen molar-refractivity contribution in [3.05, 3.63) is 46.7 Å². The van der Waals surface area contributed by atoms with Gasteiger partial charge in [-0.05, 0) is 18.9 Å². The highest BCUT2D eigenvalue weighted by molar-refractivity contribution is 8.00. The molecule has 8 heteroatoms. The van der Waals surface area contributed by atoms with E-state index in [2.05, 4.69) is 4.98 Å². The van der Waals surface area contributed by atoms with Gasteiger partial charge in [0.05, 0.1) is 0 Å². The number of carbonyl (C=O) groups excluding carboxylic acids is 1. The van der Waals surface area contributed by atoms with Crippen molar-refractivity contribution in [1.29, 1.82) is 0 Å². The highest BCUT2D eigenvalue weighted by atomic mass is 32.2. The number of aromatic nitrogens is 1. The summed E-state index contributed by atoms with van der Waals surface area (Å²) in [5.74, 6) is 2.32. The van der Waals surface area contributed by atoms with Crippen molar-refractivity contribution in [3.63, 3.8) is 0 Å². The Morgan fingerprint density at radius 1 is 1.43 bits per heavy atom. The fourth-order valence-electron chi connectivity index (χ4n) is 3.41. The lowest BCUT2D eigenvalue weighted by Crippen LogP contribution is -2.35. The number of amides is 1. The fraction of sp³-hybridized carbons (Fsp3) is 0.400. The zero-order valence-electron chi connectivity index (χ0n) is 15.8. The highest BCUT2D eigenvalue weighted by Gasteiger charge is 2.28. The number of nitrogens with zero attached hydrogens (tertiary/aromatic N) is 2. The van der Waals surface area contributed by atoms with Crippen molar-refractivity contribution < 1.29 is 13.4 Å². The summed E-state index contributed by atoms with van der Waals surface area (Å²) < 4.78 is 19.0. The number of thioether (sulfide) groups is 1. The normalized spacial score (nSPS) is 20.4. The predicted molar refractivity (Wildman–Crippen MR) is 116 cm³/mol. The molecule has 5 nitrogen and oxygen atoms in total. The van der Waals surface area contributed by atoms with Crippen molar-refractivity contribution >= 4 is 50.8 Å². The van der Waals surface area contributed by atoms with Gasteiger partial charge in [-0.3, -0.25) is 9.00 Å². The van der Waals surface area contributed by atoms with Gasteiger partial charge in [-0.15, -0.1) is 11.3 Å². The number of furan rings is 1. The number of benzene rings is 1. The molecule has 1 fully saturated rings. The van der Waals surface area contributed by atoms with Gasteiger partial charge in [0, 0.05) is 63.2 Å². The van der Waals surface area contributed by atoms with Crippen LogP contribution in [0.4, 0.5) is 0 Å². The SMILES string of the molecule is Cc1csc(SCc2c(C(=O)N3CC[S@@](=O)C[C@@H](C)C3)oc3ccccc23)n1. The Labute approximate surface area is 175 Å². The molecule has 0 spiro atoms. The van der Waals surface area contributed by atoms with Crippen molar-refractivity contribution in [1.82, 2.24) is 9.88 Å². The maximum atomic E-state index is 13.3. The van der Waals surface area contributed by atoms with E-state index in [4.69, 9.17) is 4.42 Å². The zero-order chi connectivity index (χ0) is 19.7. The minimum absolute atomic E-state index is 0.104. The molecule has 1 saturated heterocycles. The number of para-hydroxylation sites is 1. The topological polar surface area (TPSA) is 63.4 Å². The Balaban J connectivity index is 1.65. The second kappa shape index (κ2) is 8.39. The third-order valence-corrected chi connectivity index (χ3v) is 8.45. The van der Waals surface area contributed by atoms with Gasteiger partial charge in [0.15, 0.2) is 5.76 Å². The molecule has 148 valence electrons. The van der Waals surface area contributed by atoms with Crippen LogP contribution in [-0.4, -0.2) is 44.6 Å². The van der Waals surface area contributed by atoms with Crippen LogP contribution in [0.3, 0.4) is 0 Å². The van der Waals surface area contributed by atoms with E-state index in [0.717, 1.165) is 26.6 Å². The fourth-order valence-corrected chi connectivity index (χ4v) is 6.62. The standard InChI is InChI=1S/C20H22N2O3S3/c1-13-9-22(7-8-28(24)12-13)19(23)18-16(11-27-20-21-14(2)10-26-20)15-5-3-4-6-17(15)25-18/h3-6,10,13H,7-9,11-12H2,1-2H3/t13-,28+/m0/s1. The quantitative estimate of drug-likeness (QED) is 0.572. The highest BCUT2D eigenvalue weighted by Crippen LogP contribution is 2.34. The van der Waals surface area contributed by atoms with Crippen LogP contribution in [0.15, 0.2) is 38.4 Å². The van der Waals surface area contributed by atoms with E-state index in [1.807, 2.05) is 43.5 Å². The second-order valence-electron chi connectivity index (χ2n) is 7.12. The molecule has 0 bridgehead atoms. The second-order valence-corrected chi connectivity index (χ2v) is 10.8. The third-order valence-electron chi connectivity index (χ3n) is 4.71. The van der Waals surface area contributed by atoms with Gasteiger partial charge in [-0.2, -0.15) is 0 Å². The van der Waals surface area contributed by atoms with Crippen molar-refractivity contribution in [3.8, 4) is 0 Å². The smallest absolute Gasteiger partial charge is 0.289 e. The number of hydrogen-bond acceptors (Lipinski definition) is 6. The summed E-state index contributed by atoms with van der Waals surface area (Å²) in [6.07, 6.45) is 0. The van der Waals surface area contributed by atoms with Crippen molar-refractivity contribution in [2.45, 2.75) is 23.9 Å². The molecule has 0 saturated carbocycles. The Morgan fingerprint density at radius 3 is 3.04 bits per heavy atom. The van der Waals surface area contributed by atoms with Crippen LogP contribution in [-0.2, 0) is 16.6 Å². The molecule has 2 atom stereocenters. The van der Waals surface area contributed by atoms with E-state index < -0.39 is 10.8 Å². The van der Waals surface area contributed by atoms with E-state index in [0.29, 0.717) is 36.1 Å². The average Bonchev–Trinajstić information content (AvgIpc) is 3.20. The maximum absolute atomic E-state index is 13.3. The predicted octanol–water partition coefficient (Wildman–Crippen LogP) is 4.33. The van der Waals surface area contributed by atoms with Crippen molar-refractivity contribution in [2.75, 3.05) is 24.6 Å². The summed E-state index contributed by atoms with van der Waals surface area (Å²) in [4.78, 5) is 19.6. The lowest BCUT2D eigenvalue weighted by atomic mass is 10.1. The lowest BCUT2D eigenvalue weighted by Gasteiger charge is -2.21. The Hall–Kier alpha value is -1.64. The van der Waals surface area contributed by atoms with E-state index in [-0.39, 0.29) is 11.8 Å². The summed E-state index contributed by atoms with van der Waals surface area (Å²) in [6.45, 7) is 5.14. The largest absolute Gasteiger partial charge is 0.451 e. The Bertz CT molecular complexity index is 1030. The van der Waals surface area contributed by atoms with E-state index >= 15 is 0 Å². The van der Waals surface area contributed by atoms with Gasteiger partial charge < -0.3 is 9.32 Å². The summed E-state index contributed by atoms with van der Waals surface area (Å²) in [5, 5.41) is 3.00. The van der Waals surface area contributed by atoms with Gasteiger partial charge in [-0.25, -0.2) is 4.98 Å². The monoisotopic (exact) mass is 434 g/mol. The van der Waals surface area contributed by atoms with Gasteiger partial charge in [0.2, 0.25) is 0 Å². The first kappa shape index (κ1) is 19.7. The van der Waals surface area contributed by atoms with Crippen molar-refractivity contribution in [2.24, 2.45) is 5.92 Å². The first-order chi connectivity index (χ1) is 13.5. The van der Waals surface area contributed by atoms with Gasteiger partial charge in [-0.1, -0.05) is 36.9 Å². The van der Waals surface area contributed by atoms with Crippen LogP contribution in [0.5, 0.6) is 0 Å². The molecule has 1 aliphatic heterocycles. The number of hydrogen-bond donors (Lipinski definition) is 0. The molecule has 2 aromatic heterocycles. The Morgan fingerprint density at radius 2 is 2.25 bits per heavy atom. The molecule has 1 aliphatic rings. The number of aryl methyl sites for hydroxylation is 1. The van der Waals surface area contributed by atoms with Crippen LogP contribution in [0.2, 0.25) is 0 Å². The lowest BCUT2D eigenvalue weighted by molar-refractivity contribution is 0.0721. The van der Waals surface area contributed by atoms with E-state index in [1.54, 1.807) is 28.0 Å². The van der Waals surface area contributed by atoms with Gasteiger partial charge >= 0.3 is 0 Å². The Kier molecular flexibility index (Phi) is 5.89. The molecule has 28 heavy (non-hydrogen) atoms. The van der Waals surface area contributed by atoms with Crippen LogP contribution in [0.1, 0.15) is 28.7 Å². The number of fused-ring (bicyclic) bond motifs is 1. The molecule has 3 heterocycles. The van der Waals surface area contributed by atoms with Crippen LogP contribution in [0.25, 0.3) is 11.0 Å². The minimum atomic E-state index is -0.863. The molecular weight excluding hydrogens is 412 g/mol. The molecule has 1 aromatic carbocycles. The van der Waals surface area contributed by atoms with E-state index in [9.17, 15) is 9.00 Å². The maximum Gasteiger partial charge on any atom is 0.289 e. The van der Waals surface area contributed by atoms with Crippen LogP contribution < -0.4 is 0 Å². The molecule has 0 radical (unpaired) electrons. The number of rotatable bonds is 4. The van der Waals surface area contributed by atoms with Gasteiger partial charge in [0.25, 0.3) is 5.91 Å². The molecular formula is C20H22N2O3S3. The molecule has 3 aromatic rings. The number of thiazole rings is 1. The number of carbonyl (C=O) groups is 1.